The number of amides is 1. The monoisotopic (exact) mass is 360 g/mol. The van der Waals surface area contributed by atoms with Crippen molar-refractivity contribution in [2.75, 3.05) is 19.0 Å². The van der Waals surface area contributed by atoms with Crippen LogP contribution in [0, 0.1) is 0 Å². The van der Waals surface area contributed by atoms with Crippen molar-refractivity contribution in [3.05, 3.63) is 71.7 Å². The molecule has 0 radical (unpaired) electrons. The van der Waals surface area contributed by atoms with Gasteiger partial charge in [-0.05, 0) is 35.4 Å². The van der Waals surface area contributed by atoms with E-state index in [1.165, 1.54) is 0 Å². The molecule has 1 amide bonds. The van der Waals surface area contributed by atoms with Gasteiger partial charge in [-0.2, -0.15) is 0 Å². The van der Waals surface area contributed by atoms with Crippen LogP contribution in [0.25, 0.3) is 11.1 Å². The van der Waals surface area contributed by atoms with Crippen molar-refractivity contribution < 1.29 is 9.53 Å². The van der Waals surface area contributed by atoms with Crippen molar-refractivity contribution in [1.29, 1.82) is 0 Å². The molecule has 6 nitrogen and oxygen atoms in total. The molecule has 2 N–H and O–H groups in total. The summed E-state index contributed by atoms with van der Waals surface area (Å²) in [4.78, 5) is 20.5. The average Bonchev–Trinajstić information content (AvgIpc) is 3.22. The van der Waals surface area contributed by atoms with Gasteiger partial charge in [-0.1, -0.05) is 12.1 Å². The molecule has 0 spiro atoms. The second-order valence-electron chi connectivity index (χ2n) is 6.30. The number of pyridine rings is 2. The highest BCUT2D eigenvalue weighted by molar-refractivity contribution is 5.94. The molecule has 0 unspecified atom stereocenters. The lowest BCUT2D eigenvalue weighted by Gasteiger charge is -2.13. The topological polar surface area (TPSA) is 76.1 Å². The molecule has 2 aromatic heterocycles. The SMILES string of the molecule is CNC(=O)c1cccc(CNc2ncc(-c3ccncc3)c3c2OCC3)c1. The van der Waals surface area contributed by atoms with Crippen LogP contribution in [0.15, 0.2) is 55.0 Å². The van der Waals surface area contributed by atoms with Crippen LogP contribution in [0.1, 0.15) is 21.5 Å². The Morgan fingerprint density at radius 1 is 1.22 bits per heavy atom. The van der Waals surface area contributed by atoms with Gasteiger partial charge in [0.05, 0.1) is 6.61 Å². The smallest absolute Gasteiger partial charge is 0.251 e. The quantitative estimate of drug-likeness (QED) is 0.731. The van der Waals surface area contributed by atoms with Gasteiger partial charge in [0, 0.05) is 55.3 Å². The zero-order chi connectivity index (χ0) is 18.6. The van der Waals surface area contributed by atoms with Crippen LogP contribution in [-0.4, -0.2) is 29.5 Å². The molecule has 0 fully saturated rings. The number of aromatic nitrogens is 2. The number of carbonyl (C=O) groups is 1. The molecule has 3 aromatic rings. The summed E-state index contributed by atoms with van der Waals surface area (Å²) in [6.07, 6.45) is 6.30. The highest BCUT2D eigenvalue weighted by Crippen LogP contribution is 2.38. The largest absolute Gasteiger partial charge is 0.489 e. The van der Waals surface area contributed by atoms with E-state index < -0.39 is 0 Å². The predicted molar refractivity (Wildman–Crippen MR) is 104 cm³/mol. The number of hydrogen-bond acceptors (Lipinski definition) is 5. The third-order valence-corrected chi connectivity index (χ3v) is 4.60. The summed E-state index contributed by atoms with van der Waals surface area (Å²) in [6, 6.07) is 11.5. The normalized spacial score (nSPS) is 12.2. The Hall–Kier alpha value is -3.41. The first-order valence-electron chi connectivity index (χ1n) is 8.86. The van der Waals surface area contributed by atoms with E-state index in [0.717, 1.165) is 40.2 Å². The fourth-order valence-electron chi connectivity index (χ4n) is 3.25. The van der Waals surface area contributed by atoms with Crippen LogP contribution in [0.2, 0.25) is 0 Å². The van der Waals surface area contributed by atoms with Crippen LogP contribution >= 0.6 is 0 Å². The second kappa shape index (κ2) is 7.45. The van der Waals surface area contributed by atoms with Gasteiger partial charge in [0.1, 0.15) is 0 Å². The van der Waals surface area contributed by atoms with Crippen molar-refractivity contribution in [2.24, 2.45) is 0 Å². The third kappa shape index (κ3) is 3.46. The minimum absolute atomic E-state index is 0.0964. The molecular weight excluding hydrogens is 340 g/mol. The standard InChI is InChI=1S/C21H20N4O2/c1-22-21(26)16-4-2-3-14(11-16)12-24-20-19-17(7-10-27-19)18(13-25-20)15-5-8-23-9-6-15/h2-6,8-9,11,13H,7,10,12H2,1H3,(H,22,26)(H,24,25). The van der Waals surface area contributed by atoms with Crippen LogP contribution in [0.4, 0.5) is 5.82 Å². The maximum Gasteiger partial charge on any atom is 0.251 e. The summed E-state index contributed by atoms with van der Waals surface area (Å²) in [7, 11) is 1.63. The number of rotatable bonds is 5. The second-order valence-corrected chi connectivity index (χ2v) is 6.30. The van der Waals surface area contributed by atoms with Crippen LogP contribution in [-0.2, 0) is 13.0 Å². The molecule has 0 bridgehead atoms. The predicted octanol–water partition coefficient (Wildman–Crippen LogP) is 3.05. The number of anilines is 1. The van der Waals surface area contributed by atoms with Crippen LogP contribution in [0.5, 0.6) is 5.75 Å². The molecule has 6 heteroatoms. The molecular formula is C21H20N4O2. The highest BCUT2D eigenvalue weighted by atomic mass is 16.5. The van der Waals surface area contributed by atoms with Crippen molar-refractivity contribution >= 4 is 11.7 Å². The lowest BCUT2D eigenvalue weighted by Crippen LogP contribution is -2.18. The maximum atomic E-state index is 11.8. The summed E-state index contributed by atoms with van der Waals surface area (Å²) in [6.45, 7) is 1.21. The first-order valence-corrected chi connectivity index (χ1v) is 8.86. The van der Waals surface area contributed by atoms with Gasteiger partial charge < -0.3 is 15.4 Å². The molecule has 1 aliphatic rings. The molecule has 27 heavy (non-hydrogen) atoms. The van der Waals surface area contributed by atoms with Crippen molar-refractivity contribution in [1.82, 2.24) is 15.3 Å². The molecule has 0 saturated heterocycles. The fraction of sp³-hybridized carbons (Fsp3) is 0.190. The average molecular weight is 360 g/mol. The Balaban J connectivity index is 1.57. The molecule has 136 valence electrons. The molecule has 4 rings (SSSR count). The lowest BCUT2D eigenvalue weighted by atomic mass is 10.0. The lowest BCUT2D eigenvalue weighted by molar-refractivity contribution is 0.0963. The number of nitrogens with zero attached hydrogens (tertiary/aromatic N) is 2. The first kappa shape index (κ1) is 17.0. The van der Waals surface area contributed by atoms with Gasteiger partial charge >= 0.3 is 0 Å². The van der Waals surface area contributed by atoms with Gasteiger partial charge in [0.2, 0.25) is 0 Å². The van der Waals surface area contributed by atoms with Gasteiger partial charge in [-0.15, -0.1) is 0 Å². The molecule has 1 aliphatic heterocycles. The van der Waals surface area contributed by atoms with E-state index in [-0.39, 0.29) is 5.91 Å². The fourth-order valence-corrected chi connectivity index (χ4v) is 3.25. The minimum atomic E-state index is -0.0964. The van der Waals surface area contributed by atoms with Crippen molar-refractivity contribution in [3.63, 3.8) is 0 Å². The van der Waals surface area contributed by atoms with Gasteiger partial charge in [-0.25, -0.2) is 4.98 Å². The molecule has 0 atom stereocenters. The minimum Gasteiger partial charge on any atom is -0.489 e. The molecule has 0 saturated carbocycles. The number of hydrogen-bond donors (Lipinski definition) is 2. The van der Waals surface area contributed by atoms with E-state index in [1.54, 1.807) is 25.5 Å². The van der Waals surface area contributed by atoms with Crippen LogP contribution in [0.3, 0.4) is 0 Å². The highest BCUT2D eigenvalue weighted by Gasteiger charge is 2.22. The Bertz CT molecular complexity index is 973. The summed E-state index contributed by atoms with van der Waals surface area (Å²) in [5.41, 5.74) is 4.97. The number of fused-ring (bicyclic) bond motifs is 1. The molecule has 0 aliphatic carbocycles. The maximum absolute atomic E-state index is 11.8. The zero-order valence-electron chi connectivity index (χ0n) is 15.0. The van der Waals surface area contributed by atoms with E-state index in [9.17, 15) is 4.79 Å². The summed E-state index contributed by atoms with van der Waals surface area (Å²) >= 11 is 0. The van der Waals surface area contributed by atoms with E-state index in [2.05, 4.69) is 20.6 Å². The Kier molecular flexibility index (Phi) is 4.70. The molecule has 1 aromatic carbocycles. The number of benzene rings is 1. The van der Waals surface area contributed by atoms with E-state index in [4.69, 9.17) is 4.74 Å². The van der Waals surface area contributed by atoms with Gasteiger partial charge in [0.25, 0.3) is 5.91 Å². The first-order chi connectivity index (χ1) is 13.3. The van der Waals surface area contributed by atoms with Crippen molar-refractivity contribution in [2.45, 2.75) is 13.0 Å². The summed E-state index contributed by atoms with van der Waals surface area (Å²) < 4.78 is 5.85. The summed E-state index contributed by atoms with van der Waals surface area (Å²) in [5.74, 6) is 1.44. The number of ether oxygens (including phenoxy) is 1. The Morgan fingerprint density at radius 3 is 2.89 bits per heavy atom. The van der Waals surface area contributed by atoms with Gasteiger partial charge in [-0.3, -0.25) is 9.78 Å². The number of nitrogens with one attached hydrogen (secondary N) is 2. The van der Waals surface area contributed by atoms with Crippen molar-refractivity contribution in [3.8, 4) is 16.9 Å². The van der Waals surface area contributed by atoms with Gasteiger partial charge in [0.15, 0.2) is 11.6 Å². The van der Waals surface area contributed by atoms with E-state index in [1.807, 2.05) is 36.5 Å². The summed E-state index contributed by atoms with van der Waals surface area (Å²) in [5, 5.41) is 5.99. The number of carbonyl (C=O) groups excluding carboxylic acids is 1. The van der Waals surface area contributed by atoms with E-state index >= 15 is 0 Å². The van der Waals surface area contributed by atoms with Crippen LogP contribution < -0.4 is 15.4 Å². The Morgan fingerprint density at radius 2 is 2.07 bits per heavy atom. The molecule has 3 heterocycles. The zero-order valence-corrected chi connectivity index (χ0v) is 15.0. The van der Waals surface area contributed by atoms with E-state index in [0.29, 0.717) is 18.7 Å². The Labute approximate surface area is 157 Å². The third-order valence-electron chi connectivity index (χ3n) is 4.60.